The molecule has 0 unspecified atom stereocenters. The van der Waals surface area contributed by atoms with E-state index in [1.165, 1.54) is 22.3 Å². The highest BCUT2D eigenvalue weighted by Crippen LogP contribution is 2.38. The van der Waals surface area contributed by atoms with Gasteiger partial charge in [0.2, 0.25) is 0 Å². The van der Waals surface area contributed by atoms with Crippen LogP contribution in [0, 0.1) is 12.3 Å². The molecule has 1 aromatic rings. The number of hydrogen-bond donors (Lipinski definition) is 0. The first-order valence-corrected chi connectivity index (χ1v) is 5.76. The van der Waals surface area contributed by atoms with Gasteiger partial charge in [-0.15, -0.1) is 0 Å². The van der Waals surface area contributed by atoms with Gasteiger partial charge in [-0.3, -0.25) is 0 Å². The lowest BCUT2D eigenvalue weighted by atomic mass is 9.85. The Bertz CT molecular complexity index is 433. The highest BCUT2D eigenvalue weighted by molar-refractivity contribution is 6.30. The van der Waals surface area contributed by atoms with Gasteiger partial charge in [-0.25, -0.2) is 0 Å². The van der Waals surface area contributed by atoms with Crippen molar-refractivity contribution in [3.8, 4) is 0 Å². The largest absolute Gasteiger partial charge is 0.0843 e. The van der Waals surface area contributed by atoms with Crippen molar-refractivity contribution in [2.75, 3.05) is 0 Å². The number of rotatable bonds is 0. The van der Waals surface area contributed by atoms with Crippen molar-refractivity contribution in [2.45, 2.75) is 34.1 Å². The van der Waals surface area contributed by atoms with Crippen LogP contribution < -0.4 is 0 Å². The molecule has 0 bridgehead atoms. The summed E-state index contributed by atoms with van der Waals surface area (Å²) < 4.78 is 0. The molecular formula is C14H17Cl. The Morgan fingerprint density at radius 1 is 1.20 bits per heavy atom. The maximum absolute atomic E-state index is 6.06. The summed E-state index contributed by atoms with van der Waals surface area (Å²) in [5.41, 5.74) is 5.84. The predicted molar refractivity (Wildman–Crippen MR) is 67.3 cm³/mol. The lowest BCUT2D eigenvalue weighted by Gasteiger charge is -2.20. The predicted octanol–water partition coefficient (Wildman–Crippen LogP) is 4.63. The summed E-state index contributed by atoms with van der Waals surface area (Å²) in [5.74, 6) is 0. The quantitative estimate of drug-likeness (QED) is 0.598. The van der Waals surface area contributed by atoms with E-state index < -0.39 is 0 Å². The molecule has 1 aromatic carbocycles. The van der Waals surface area contributed by atoms with Gasteiger partial charge < -0.3 is 0 Å². The molecule has 0 atom stereocenters. The average molecular weight is 221 g/mol. The molecule has 0 aromatic heterocycles. The van der Waals surface area contributed by atoms with E-state index in [1.807, 2.05) is 0 Å². The third-order valence-electron chi connectivity index (χ3n) is 3.13. The van der Waals surface area contributed by atoms with E-state index in [9.17, 15) is 0 Å². The number of halogens is 1. The first kappa shape index (κ1) is 10.8. The van der Waals surface area contributed by atoms with Gasteiger partial charge in [-0.05, 0) is 47.6 Å². The van der Waals surface area contributed by atoms with Crippen LogP contribution in [0.15, 0.2) is 17.7 Å². The van der Waals surface area contributed by atoms with E-state index in [-0.39, 0.29) is 5.41 Å². The van der Waals surface area contributed by atoms with E-state index >= 15 is 0 Å². The van der Waals surface area contributed by atoms with Crippen LogP contribution in [0.25, 0.3) is 6.08 Å². The maximum Gasteiger partial charge on any atom is 0.0414 e. The molecule has 1 aliphatic carbocycles. The molecule has 0 heterocycles. The van der Waals surface area contributed by atoms with Gasteiger partial charge >= 0.3 is 0 Å². The van der Waals surface area contributed by atoms with E-state index in [0.29, 0.717) is 0 Å². The van der Waals surface area contributed by atoms with Crippen LogP contribution in [0.4, 0.5) is 0 Å². The van der Waals surface area contributed by atoms with Crippen molar-refractivity contribution in [2.24, 2.45) is 5.41 Å². The third kappa shape index (κ3) is 1.96. The third-order valence-corrected chi connectivity index (χ3v) is 3.35. The van der Waals surface area contributed by atoms with Gasteiger partial charge in [0.25, 0.3) is 0 Å². The summed E-state index contributed by atoms with van der Waals surface area (Å²) in [6.45, 7) is 8.94. The zero-order valence-electron chi connectivity index (χ0n) is 9.82. The summed E-state index contributed by atoms with van der Waals surface area (Å²) in [5, 5.41) is 0.845. The van der Waals surface area contributed by atoms with Crippen molar-refractivity contribution < 1.29 is 0 Å². The molecule has 0 saturated heterocycles. The standard InChI is InChI=1S/C14H17Cl/c1-9-5-12(15)7-10-6-11(8-13(9)10)14(2,3)4/h5-7H,8H2,1-4H3. The van der Waals surface area contributed by atoms with Crippen molar-refractivity contribution >= 4 is 17.7 Å². The molecule has 0 amide bonds. The van der Waals surface area contributed by atoms with E-state index in [4.69, 9.17) is 11.6 Å². The van der Waals surface area contributed by atoms with Crippen molar-refractivity contribution in [1.29, 1.82) is 0 Å². The minimum Gasteiger partial charge on any atom is -0.0843 e. The minimum atomic E-state index is 0.262. The average Bonchev–Trinajstić information content (AvgIpc) is 2.46. The molecule has 0 aliphatic heterocycles. The Kier molecular flexibility index (Phi) is 2.42. The lowest BCUT2D eigenvalue weighted by molar-refractivity contribution is 0.498. The zero-order chi connectivity index (χ0) is 11.2. The number of aryl methyl sites for hydroxylation is 1. The monoisotopic (exact) mass is 220 g/mol. The molecular weight excluding hydrogens is 204 g/mol. The zero-order valence-corrected chi connectivity index (χ0v) is 10.6. The Balaban J connectivity index is 2.47. The van der Waals surface area contributed by atoms with Crippen LogP contribution in [0.2, 0.25) is 5.02 Å². The van der Waals surface area contributed by atoms with Crippen LogP contribution in [0.1, 0.15) is 37.5 Å². The van der Waals surface area contributed by atoms with Crippen molar-refractivity contribution in [1.82, 2.24) is 0 Å². The highest BCUT2D eigenvalue weighted by Gasteiger charge is 2.24. The van der Waals surface area contributed by atoms with Gasteiger partial charge in [0.1, 0.15) is 0 Å². The first-order chi connectivity index (χ1) is 6.88. The molecule has 0 spiro atoms. The Morgan fingerprint density at radius 2 is 1.87 bits per heavy atom. The van der Waals surface area contributed by atoms with Crippen LogP contribution in [0.5, 0.6) is 0 Å². The minimum absolute atomic E-state index is 0.262. The second-order valence-electron chi connectivity index (χ2n) is 5.39. The van der Waals surface area contributed by atoms with Crippen LogP contribution >= 0.6 is 11.6 Å². The number of fused-ring (bicyclic) bond motifs is 1. The Morgan fingerprint density at radius 3 is 2.47 bits per heavy atom. The second kappa shape index (κ2) is 3.38. The fourth-order valence-corrected chi connectivity index (χ4v) is 2.36. The number of allylic oxidation sites excluding steroid dienone is 1. The molecule has 1 heteroatoms. The molecule has 1 aliphatic rings. The van der Waals surface area contributed by atoms with E-state index in [2.05, 4.69) is 45.9 Å². The molecule has 0 radical (unpaired) electrons. The maximum atomic E-state index is 6.06. The molecule has 0 N–H and O–H groups in total. The fourth-order valence-electron chi connectivity index (χ4n) is 2.08. The Hall–Kier alpha value is -0.750. The van der Waals surface area contributed by atoms with Crippen LogP contribution in [-0.2, 0) is 6.42 Å². The molecule has 15 heavy (non-hydrogen) atoms. The molecule has 0 nitrogen and oxygen atoms in total. The molecule has 2 rings (SSSR count). The first-order valence-electron chi connectivity index (χ1n) is 5.38. The summed E-state index contributed by atoms with van der Waals surface area (Å²) in [6.07, 6.45) is 3.38. The van der Waals surface area contributed by atoms with E-state index in [1.54, 1.807) is 0 Å². The number of benzene rings is 1. The van der Waals surface area contributed by atoms with Crippen LogP contribution in [-0.4, -0.2) is 0 Å². The topological polar surface area (TPSA) is 0 Å². The van der Waals surface area contributed by atoms with Gasteiger partial charge in [0, 0.05) is 5.02 Å². The van der Waals surface area contributed by atoms with Crippen molar-refractivity contribution in [3.05, 3.63) is 39.4 Å². The smallest absolute Gasteiger partial charge is 0.0414 e. The van der Waals surface area contributed by atoms with Gasteiger partial charge in [-0.1, -0.05) is 44.0 Å². The number of hydrogen-bond acceptors (Lipinski definition) is 0. The highest BCUT2D eigenvalue weighted by atomic mass is 35.5. The normalized spacial score (nSPS) is 15.1. The van der Waals surface area contributed by atoms with E-state index in [0.717, 1.165) is 11.4 Å². The molecule has 0 saturated carbocycles. The summed E-state index contributed by atoms with van der Waals surface area (Å²) in [4.78, 5) is 0. The summed E-state index contributed by atoms with van der Waals surface area (Å²) >= 11 is 6.06. The van der Waals surface area contributed by atoms with Gasteiger partial charge in [-0.2, -0.15) is 0 Å². The second-order valence-corrected chi connectivity index (χ2v) is 5.82. The van der Waals surface area contributed by atoms with Gasteiger partial charge in [0.15, 0.2) is 0 Å². The fraction of sp³-hybridized carbons (Fsp3) is 0.429. The van der Waals surface area contributed by atoms with Crippen LogP contribution in [0.3, 0.4) is 0 Å². The summed E-state index contributed by atoms with van der Waals surface area (Å²) in [7, 11) is 0. The van der Waals surface area contributed by atoms with Crippen molar-refractivity contribution in [3.63, 3.8) is 0 Å². The summed E-state index contributed by atoms with van der Waals surface area (Å²) in [6, 6.07) is 4.13. The lowest BCUT2D eigenvalue weighted by Crippen LogP contribution is -2.09. The molecule has 0 fully saturated rings. The Labute approximate surface area is 97.0 Å². The SMILES string of the molecule is Cc1cc(Cl)cc2c1CC(C(C)(C)C)=C2. The van der Waals surface area contributed by atoms with Gasteiger partial charge in [0.05, 0.1) is 0 Å². The molecule has 80 valence electrons.